The molecule has 0 saturated heterocycles. The van der Waals surface area contributed by atoms with Crippen LogP contribution in [0.15, 0.2) is 22.7 Å². The van der Waals surface area contributed by atoms with Crippen LogP contribution in [0.2, 0.25) is 0 Å². The lowest BCUT2D eigenvalue weighted by Gasteiger charge is -2.27. The Morgan fingerprint density at radius 3 is 2.83 bits per heavy atom. The topological polar surface area (TPSA) is 47.3 Å². The fraction of sp³-hybridized carbons (Fsp3) is 0.500. The average molecular weight is 309 g/mol. The Morgan fingerprint density at radius 2 is 2.28 bits per heavy atom. The summed E-state index contributed by atoms with van der Waals surface area (Å²) in [7, 11) is 0. The van der Waals surface area contributed by atoms with E-state index in [9.17, 15) is 5.11 Å². The highest BCUT2D eigenvalue weighted by Crippen LogP contribution is 2.37. The van der Waals surface area contributed by atoms with Crippen molar-refractivity contribution >= 4 is 21.6 Å². The fourth-order valence-electron chi connectivity index (χ4n) is 2.18. The number of nitriles is 1. The number of benzene rings is 1. The largest absolute Gasteiger partial charge is 0.389 e. The van der Waals surface area contributed by atoms with Crippen LogP contribution in [0, 0.1) is 11.3 Å². The molecule has 0 aliphatic heterocycles. The molecule has 1 N–H and O–H groups in total. The third-order valence-electron chi connectivity index (χ3n) is 3.20. The van der Waals surface area contributed by atoms with E-state index in [1.807, 2.05) is 18.2 Å². The van der Waals surface area contributed by atoms with Crippen LogP contribution in [0.4, 0.5) is 5.69 Å². The third kappa shape index (κ3) is 3.04. The third-order valence-corrected chi connectivity index (χ3v) is 3.70. The van der Waals surface area contributed by atoms with Gasteiger partial charge in [0.05, 0.1) is 18.6 Å². The quantitative estimate of drug-likeness (QED) is 0.907. The van der Waals surface area contributed by atoms with E-state index < -0.39 is 6.10 Å². The smallest absolute Gasteiger partial charge is 0.0782 e. The number of anilines is 1. The van der Waals surface area contributed by atoms with Crippen molar-refractivity contribution < 1.29 is 5.11 Å². The molecule has 1 fully saturated rings. The molecule has 3 nitrogen and oxygen atoms in total. The summed E-state index contributed by atoms with van der Waals surface area (Å²) in [4.78, 5) is 2.26. The molecular formula is C14H17BrN2O. The van der Waals surface area contributed by atoms with E-state index in [-0.39, 0.29) is 0 Å². The summed E-state index contributed by atoms with van der Waals surface area (Å²) >= 11 is 3.48. The molecule has 0 radical (unpaired) electrons. The number of nitrogens with zero attached hydrogens (tertiary/aromatic N) is 2. The number of aliphatic hydroxyl groups excluding tert-OH is 1. The van der Waals surface area contributed by atoms with Gasteiger partial charge in [0.15, 0.2) is 0 Å². The summed E-state index contributed by atoms with van der Waals surface area (Å²) in [6.07, 6.45) is 2.38. The van der Waals surface area contributed by atoms with Crippen LogP contribution < -0.4 is 4.90 Å². The standard InChI is InChI=1S/C14H17BrN2O/c1-10(18)13-6-3-11(15)9-14(13)17(8-2-7-16)12-4-5-12/h3,6,9-10,12,18H,2,4-5,8H2,1H3. The molecule has 0 spiro atoms. The highest BCUT2D eigenvalue weighted by atomic mass is 79.9. The zero-order chi connectivity index (χ0) is 13.1. The van der Waals surface area contributed by atoms with Gasteiger partial charge < -0.3 is 10.0 Å². The predicted octanol–water partition coefficient (Wildman–Crippen LogP) is 3.38. The average Bonchev–Trinajstić information content (AvgIpc) is 3.13. The normalized spacial score (nSPS) is 16.1. The van der Waals surface area contributed by atoms with Crippen LogP contribution in [0.1, 0.15) is 37.9 Å². The van der Waals surface area contributed by atoms with Gasteiger partial charge in [-0.2, -0.15) is 5.26 Å². The maximum atomic E-state index is 9.86. The second-order valence-corrected chi connectivity index (χ2v) is 5.63. The molecule has 18 heavy (non-hydrogen) atoms. The van der Waals surface area contributed by atoms with Crippen molar-refractivity contribution in [3.05, 3.63) is 28.2 Å². The van der Waals surface area contributed by atoms with Gasteiger partial charge in [0.2, 0.25) is 0 Å². The molecule has 1 unspecified atom stereocenters. The molecule has 0 amide bonds. The van der Waals surface area contributed by atoms with E-state index in [1.54, 1.807) is 6.92 Å². The highest BCUT2D eigenvalue weighted by Gasteiger charge is 2.30. The Labute approximate surface area is 116 Å². The molecule has 1 aliphatic rings. The van der Waals surface area contributed by atoms with Crippen molar-refractivity contribution in [3.8, 4) is 6.07 Å². The van der Waals surface area contributed by atoms with Crippen molar-refractivity contribution in [2.75, 3.05) is 11.4 Å². The summed E-state index contributed by atoms with van der Waals surface area (Å²) in [5.41, 5.74) is 1.99. The van der Waals surface area contributed by atoms with Crippen molar-refractivity contribution in [2.45, 2.75) is 38.3 Å². The number of halogens is 1. The number of hydrogen-bond donors (Lipinski definition) is 1. The molecule has 1 aromatic carbocycles. The SMILES string of the molecule is CC(O)c1ccc(Br)cc1N(CCC#N)C1CC1. The van der Waals surface area contributed by atoms with Crippen LogP contribution in [0.25, 0.3) is 0 Å². The first-order valence-corrected chi connectivity index (χ1v) is 7.04. The summed E-state index contributed by atoms with van der Waals surface area (Å²) in [5, 5.41) is 18.6. The number of aliphatic hydroxyl groups is 1. The number of rotatable bonds is 5. The minimum Gasteiger partial charge on any atom is -0.389 e. The van der Waals surface area contributed by atoms with Crippen LogP contribution in [-0.4, -0.2) is 17.7 Å². The first kappa shape index (κ1) is 13.4. The molecule has 1 saturated carbocycles. The van der Waals surface area contributed by atoms with Gasteiger partial charge in [0.1, 0.15) is 0 Å². The van der Waals surface area contributed by atoms with Crippen molar-refractivity contribution in [3.63, 3.8) is 0 Å². The first-order valence-electron chi connectivity index (χ1n) is 6.24. The van der Waals surface area contributed by atoms with E-state index in [0.29, 0.717) is 12.5 Å². The second kappa shape index (κ2) is 5.73. The van der Waals surface area contributed by atoms with E-state index in [2.05, 4.69) is 26.9 Å². The first-order chi connectivity index (χ1) is 8.63. The molecular weight excluding hydrogens is 292 g/mol. The molecule has 1 aliphatic carbocycles. The lowest BCUT2D eigenvalue weighted by Crippen LogP contribution is -2.28. The fourth-order valence-corrected chi connectivity index (χ4v) is 2.52. The van der Waals surface area contributed by atoms with E-state index in [4.69, 9.17) is 5.26 Å². The van der Waals surface area contributed by atoms with E-state index in [0.717, 1.165) is 22.3 Å². The Hall–Kier alpha value is -1.05. The van der Waals surface area contributed by atoms with Gasteiger partial charge in [-0.15, -0.1) is 0 Å². The minimum atomic E-state index is -0.489. The van der Waals surface area contributed by atoms with Gasteiger partial charge in [-0.05, 0) is 31.9 Å². The van der Waals surface area contributed by atoms with Gasteiger partial charge in [-0.3, -0.25) is 0 Å². The van der Waals surface area contributed by atoms with Gasteiger partial charge >= 0.3 is 0 Å². The van der Waals surface area contributed by atoms with Gasteiger partial charge in [-0.1, -0.05) is 22.0 Å². The highest BCUT2D eigenvalue weighted by molar-refractivity contribution is 9.10. The molecule has 0 aromatic heterocycles. The molecule has 0 bridgehead atoms. The second-order valence-electron chi connectivity index (χ2n) is 4.71. The zero-order valence-corrected chi connectivity index (χ0v) is 12.0. The van der Waals surface area contributed by atoms with E-state index in [1.165, 1.54) is 12.8 Å². The van der Waals surface area contributed by atoms with Crippen molar-refractivity contribution in [1.82, 2.24) is 0 Å². The lowest BCUT2D eigenvalue weighted by atomic mass is 10.1. The van der Waals surface area contributed by atoms with Gasteiger partial charge in [0.25, 0.3) is 0 Å². The predicted molar refractivity (Wildman–Crippen MR) is 75.4 cm³/mol. The Bertz CT molecular complexity index is 463. The van der Waals surface area contributed by atoms with Gasteiger partial charge in [-0.25, -0.2) is 0 Å². The Morgan fingerprint density at radius 1 is 1.56 bits per heavy atom. The van der Waals surface area contributed by atoms with Crippen molar-refractivity contribution in [2.24, 2.45) is 0 Å². The van der Waals surface area contributed by atoms with Crippen LogP contribution in [0.3, 0.4) is 0 Å². The maximum absolute atomic E-state index is 9.86. The van der Waals surface area contributed by atoms with Crippen LogP contribution in [0.5, 0.6) is 0 Å². The Kier molecular flexibility index (Phi) is 4.26. The summed E-state index contributed by atoms with van der Waals surface area (Å²) < 4.78 is 1.00. The number of hydrogen-bond acceptors (Lipinski definition) is 3. The monoisotopic (exact) mass is 308 g/mol. The summed E-state index contributed by atoms with van der Waals surface area (Å²) in [6.45, 7) is 2.51. The molecule has 4 heteroatoms. The Balaban J connectivity index is 2.33. The van der Waals surface area contributed by atoms with E-state index >= 15 is 0 Å². The molecule has 1 atom stereocenters. The van der Waals surface area contributed by atoms with Gasteiger partial charge in [0, 0.05) is 28.3 Å². The molecule has 2 rings (SSSR count). The maximum Gasteiger partial charge on any atom is 0.0782 e. The minimum absolute atomic E-state index is 0.489. The zero-order valence-electron chi connectivity index (χ0n) is 10.4. The molecule has 96 valence electrons. The van der Waals surface area contributed by atoms with Crippen molar-refractivity contribution in [1.29, 1.82) is 5.26 Å². The lowest BCUT2D eigenvalue weighted by molar-refractivity contribution is 0.199. The summed E-state index contributed by atoms with van der Waals surface area (Å²) in [5.74, 6) is 0. The van der Waals surface area contributed by atoms with Crippen LogP contribution in [-0.2, 0) is 0 Å². The molecule has 0 heterocycles. The van der Waals surface area contributed by atoms with Crippen LogP contribution >= 0.6 is 15.9 Å². The summed E-state index contributed by atoms with van der Waals surface area (Å²) in [6, 6.07) is 8.67. The molecule has 1 aromatic rings.